The Morgan fingerprint density at radius 3 is 2.39 bits per heavy atom. The van der Waals surface area contributed by atoms with E-state index in [2.05, 4.69) is 24.0 Å². The predicted octanol–water partition coefficient (Wildman–Crippen LogP) is 2.53. The second kappa shape index (κ2) is 8.30. The van der Waals surface area contributed by atoms with Crippen molar-refractivity contribution in [1.29, 1.82) is 0 Å². The molecule has 0 aromatic rings. The lowest BCUT2D eigenvalue weighted by Gasteiger charge is -2.32. The molecule has 104 valence electrons. The van der Waals surface area contributed by atoms with Crippen LogP contribution in [0.15, 0.2) is 12.2 Å². The van der Waals surface area contributed by atoms with Crippen molar-refractivity contribution in [3.63, 3.8) is 0 Å². The van der Waals surface area contributed by atoms with Crippen molar-refractivity contribution in [1.82, 2.24) is 9.80 Å². The summed E-state index contributed by atoms with van der Waals surface area (Å²) in [5.41, 5.74) is 0. The van der Waals surface area contributed by atoms with Crippen LogP contribution in [0, 0.1) is 5.92 Å². The third-order valence-electron chi connectivity index (χ3n) is 3.61. The van der Waals surface area contributed by atoms with Crippen molar-refractivity contribution in [2.45, 2.75) is 39.0 Å². The summed E-state index contributed by atoms with van der Waals surface area (Å²) in [5.74, 6) is 0.560. The molecule has 1 rings (SSSR count). The first-order chi connectivity index (χ1) is 8.65. The number of likely N-dealkylation sites (tertiary alicyclic amines) is 1. The summed E-state index contributed by atoms with van der Waals surface area (Å²) in [6.45, 7) is 5.50. The molecule has 1 saturated heterocycles. The molecule has 0 radical (unpaired) electrons. The van der Waals surface area contributed by atoms with E-state index < -0.39 is 0 Å². The topological polar surface area (TPSA) is 23.6 Å². The lowest BCUT2D eigenvalue weighted by Crippen LogP contribution is -2.40. The molecule has 0 N–H and O–H groups in total. The maximum Gasteiger partial charge on any atom is 0.225 e. The second-order valence-corrected chi connectivity index (χ2v) is 5.40. The quantitative estimate of drug-likeness (QED) is 0.678. The van der Waals surface area contributed by atoms with Crippen molar-refractivity contribution in [3.05, 3.63) is 12.2 Å². The smallest absolute Gasteiger partial charge is 0.225 e. The Hall–Kier alpha value is -0.830. The van der Waals surface area contributed by atoms with Crippen molar-refractivity contribution < 1.29 is 4.79 Å². The van der Waals surface area contributed by atoms with Crippen LogP contribution < -0.4 is 0 Å². The van der Waals surface area contributed by atoms with Crippen LogP contribution in [-0.4, -0.2) is 49.4 Å². The molecule has 0 atom stereocenters. The number of piperidine rings is 1. The Morgan fingerprint density at radius 1 is 1.22 bits per heavy atom. The fraction of sp³-hybridized carbons (Fsp3) is 0.800. The van der Waals surface area contributed by atoms with Crippen LogP contribution in [0.3, 0.4) is 0 Å². The molecule has 1 fully saturated rings. The Morgan fingerprint density at radius 2 is 1.83 bits per heavy atom. The molecule has 1 amide bonds. The van der Waals surface area contributed by atoms with Crippen LogP contribution >= 0.6 is 0 Å². The second-order valence-electron chi connectivity index (χ2n) is 5.40. The number of carbonyl (C=O) groups is 1. The fourth-order valence-corrected chi connectivity index (χ4v) is 2.43. The number of hydrogen-bond donors (Lipinski definition) is 0. The van der Waals surface area contributed by atoms with E-state index in [4.69, 9.17) is 0 Å². The number of rotatable bonds is 6. The maximum atomic E-state index is 11.8. The van der Waals surface area contributed by atoms with E-state index in [0.717, 1.165) is 38.9 Å². The Balaban J connectivity index is 2.17. The first-order valence-electron chi connectivity index (χ1n) is 7.23. The van der Waals surface area contributed by atoms with Gasteiger partial charge in [0.05, 0.1) is 0 Å². The summed E-state index contributed by atoms with van der Waals surface area (Å²) >= 11 is 0. The highest BCUT2D eigenvalue weighted by Gasteiger charge is 2.25. The normalized spacial score (nSPS) is 18.4. The van der Waals surface area contributed by atoms with Gasteiger partial charge in [-0.1, -0.05) is 25.5 Å². The summed E-state index contributed by atoms with van der Waals surface area (Å²) in [6.07, 6.45) is 10.2. The molecule has 1 aliphatic heterocycles. The molecule has 0 aromatic carbocycles. The van der Waals surface area contributed by atoms with Gasteiger partial charge in [0.15, 0.2) is 0 Å². The maximum absolute atomic E-state index is 11.8. The first-order valence-corrected chi connectivity index (χ1v) is 7.23. The molecule has 3 nitrogen and oxygen atoms in total. The molecular weight excluding hydrogens is 224 g/mol. The van der Waals surface area contributed by atoms with Gasteiger partial charge in [-0.05, 0) is 38.8 Å². The van der Waals surface area contributed by atoms with Crippen LogP contribution in [0.4, 0.5) is 0 Å². The lowest BCUT2D eigenvalue weighted by atomic mass is 9.95. The molecule has 0 saturated carbocycles. The predicted molar refractivity (Wildman–Crippen MR) is 76.5 cm³/mol. The minimum Gasteiger partial charge on any atom is -0.349 e. The van der Waals surface area contributed by atoms with Crippen molar-refractivity contribution in [2.75, 3.05) is 33.7 Å². The van der Waals surface area contributed by atoms with Crippen LogP contribution in [0.25, 0.3) is 0 Å². The monoisotopic (exact) mass is 252 g/mol. The summed E-state index contributed by atoms with van der Waals surface area (Å²) in [4.78, 5) is 16.0. The van der Waals surface area contributed by atoms with E-state index in [-0.39, 0.29) is 5.92 Å². The van der Waals surface area contributed by atoms with Gasteiger partial charge in [0.25, 0.3) is 0 Å². The zero-order chi connectivity index (χ0) is 13.4. The summed E-state index contributed by atoms with van der Waals surface area (Å²) in [5, 5.41) is 0. The number of allylic oxidation sites excluding steroid dienone is 1. The average molecular weight is 252 g/mol. The highest BCUT2D eigenvalue weighted by molar-refractivity contribution is 5.78. The molecule has 3 heteroatoms. The number of unbranched alkanes of at least 4 members (excludes halogenated alkanes) is 1. The zero-order valence-electron chi connectivity index (χ0n) is 12.2. The Kier molecular flexibility index (Phi) is 7.02. The van der Waals surface area contributed by atoms with E-state index in [1.807, 2.05) is 14.1 Å². The van der Waals surface area contributed by atoms with Crippen LogP contribution in [0.5, 0.6) is 0 Å². The SMILES string of the molecule is CCCC=CCCN1CCC(C(=O)N(C)C)CC1. The molecule has 0 unspecified atom stereocenters. The van der Waals surface area contributed by atoms with E-state index in [0.29, 0.717) is 5.91 Å². The highest BCUT2D eigenvalue weighted by atomic mass is 16.2. The van der Waals surface area contributed by atoms with Crippen LogP contribution in [0.1, 0.15) is 39.0 Å². The average Bonchev–Trinajstić information content (AvgIpc) is 2.38. The van der Waals surface area contributed by atoms with Crippen molar-refractivity contribution in [3.8, 4) is 0 Å². The van der Waals surface area contributed by atoms with Crippen LogP contribution in [0.2, 0.25) is 0 Å². The summed E-state index contributed by atoms with van der Waals surface area (Å²) in [6, 6.07) is 0. The van der Waals surface area contributed by atoms with Gasteiger partial charge in [0.1, 0.15) is 0 Å². The molecule has 0 spiro atoms. The molecule has 18 heavy (non-hydrogen) atoms. The van der Waals surface area contributed by atoms with Gasteiger partial charge < -0.3 is 9.80 Å². The molecule has 1 heterocycles. The third kappa shape index (κ3) is 5.21. The third-order valence-corrected chi connectivity index (χ3v) is 3.61. The Labute approximate surface area is 112 Å². The van der Waals surface area contributed by atoms with Gasteiger partial charge in [-0.25, -0.2) is 0 Å². The fourth-order valence-electron chi connectivity index (χ4n) is 2.43. The molecule has 0 bridgehead atoms. The summed E-state index contributed by atoms with van der Waals surface area (Å²) < 4.78 is 0. The number of nitrogens with zero attached hydrogens (tertiary/aromatic N) is 2. The standard InChI is InChI=1S/C15H28N2O/c1-4-5-6-7-8-11-17-12-9-14(10-13-17)15(18)16(2)3/h6-7,14H,4-5,8-13H2,1-3H3. The van der Waals surface area contributed by atoms with E-state index >= 15 is 0 Å². The zero-order valence-corrected chi connectivity index (χ0v) is 12.2. The van der Waals surface area contributed by atoms with Gasteiger partial charge in [0, 0.05) is 26.6 Å². The van der Waals surface area contributed by atoms with E-state index in [1.54, 1.807) is 4.90 Å². The lowest BCUT2D eigenvalue weighted by molar-refractivity contribution is -0.134. The van der Waals surface area contributed by atoms with Gasteiger partial charge in [-0.2, -0.15) is 0 Å². The Bertz CT molecular complexity index is 266. The minimum atomic E-state index is 0.256. The van der Waals surface area contributed by atoms with Gasteiger partial charge in [-0.15, -0.1) is 0 Å². The number of carbonyl (C=O) groups excluding carboxylic acids is 1. The van der Waals surface area contributed by atoms with Crippen molar-refractivity contribution in [2.24, 2.45) is 5.92 Å². The largest absolute Gasteiger partial charge is 0.349 e. The minimum absolute atomic E-state index is 0.256. The summed E-state index contributed by atoms with van der Waals surface area (Å²) in [7, 11) is 3.71. The molecule has 0 aromatic heterocycles. The number of hydrogen-bond acceptors (Lipinski definition) is 2. The number of amides is 1. The molecule has 0 aliphatic carbocycles. The first kappa shape index (κ1) is 15.2. The van der Waals surface area contributed by atoms with Gasteiger partial charge in [0.2, 0.25) is 5.91 Å². The van der Waals surface area contributed by atoms with Gasteiger partial charge in [-0.3, -0.25) is 4.79 Å². The van der Waals surface area contributed by atoms with Crippen LogP contribution in [-0.2, 0) is 4.79 Å². The highest BCUT2D eigenvalue weighted by Crippen LogP contribution is 2.18. The molecule has 1 aliphatic rings. The van der Waals surface area contributed by atoms with Gasteiger partial charge >= 0.3 is 0 Å². The van der Waals surface area contributed by atoms with E-state index in [1.165, 1.54) is 12.8 Å². The van der Waals surface area contributed by atoms with E-state index in [9.17, 15) is 4.79 Å². The molecular formula is C15H28N2O. The van der Waals surface area contributed by atoms with Crippen molar-refractivity contribution >= 4 is 5.91 Å².